The number of benzene rings is 4. The molecule has 1 atom stereocenters. The summed E-state index contributed by atoms with van der Waals surface area (Å²) in [6, 6.07) is 28.6. The molecule has 8 heteroatoms. The van der Waals surface area contributed by atoms with E-state index in [0.717, 1.165) is 46.2 Å². The summed E-state index contributed by atoms with van der Waals surface area (Å²) >= 11 is 0. The standard InChI is InChI=1S/C38H45N3O4S/c1-6-7-24-39-38(43)36(25-32-13-9-8-10-14-32)40(26-33-20-16-28(2)17-21-33)37(42)27-41(35-15-11-12-30(4)31(35)5)46(44,45)34-22-18-29(3)19-23-34/h8-23,36H,6-7,24-27H2,1-5H3,(H,39,43)/t36-/m0/s1. The molecule has 4 aromatic rings. The van der Waals surface area contributed by atoms with Gasteiger partial charge in [-0.3, -0.25) is 13.9 Å². The topological polar surface area (TPSA) is 86.8 Å². The lowest BCUT2D eigenvalue weighted by atomic mass is 10.0. The summed E-state index contributed by atoms with van der Waals surface area (Å²) < 4.78 is 29.8. The Kier molecular flexibility index (Phi) is 11.8. The lowest BCUT2D eigenvalue weighted by molar-refractivity contribution is -0.140. The number of rotatable bonds is 14. The van der Waals surface area contributed by atoms with Gasteiger partial charge in [0.2, 0.25) is 11.8 Å². The molecule has 0 fully saturated rings. The molecule has 0 aliphatic rings. The number of nitrogens with zero attached hydrogens (tertiary/aromatic N) is 2. The van der Waals surface area contributed by atoms with E-state index in [1.807, 2.05) is 88.4 Å². The fraction of sp³-hybridized carbons (Fsp3) is 0.316. The summed E-state index contributed by atoms with van der Waals surface area (Å²) in [5, 5.41) is 3.03. The van der Waals surface area contributed by atoms with Crippen molar-refractivity contribution in [2.75, 3.05) is 17.4 Å². The minimum Gasteiger partial charge on any atom is -0.354 e. The molecule has 0 saturated carbocycles. The molecule has 46 heavy (non-hydrogen) atoms. The Balaban J connectivity index is 1.81. The van der Waals surface area contributed by atoms with Crippen molar-refractivity contribution in [3.05, 3.63) is 130 Å². The van der Waals surface area contributed by atoms with Gasteiger partial charge in [-0.2, -0.15) is 0 Å². The van der Waals surface area contributed by atoms with Gasteiger partial charge in [-0.1, -0.05) is 103 Å². The Labute approximate surface area is 274 Å². The molecule has 4 rings (SSSR count). The highest BCUT2D eigenvalue weighted by Gasteiger charge is 2.35. The zero-order valence-corrected chi connectivity index (χ0v) is 28.3. The van der Waals surface area contributed by atoms with Gasteiger partial charge in [0.05, 0.1) is 10.6 Å². The predicted molar refractivity (Wildman–Crippen MR) is 185 cm³/mol. The first-order valence-electron chi connectivity index (χ1n) is 15.8. The molecule has 7 nitrogen and oxygen atoms in total. The van der Waals surface area contributed by atoms with Crippen LogP contribution in [0.4, 0.5) is 5.69 Å². The van der Waals surface area contributed by atoms with Crippen LogP contribution in [0.5, 0.6) is 0 Å². The van der Waals surface area contributed by atoms with Crippen molar-refractivity contribution in [2.45, 2.75) is 71.4 Å². The van der Waals surface area contributed by atoms with Crippen LogP contribution in [-0.2, 0) is 32.6 Å². The first-order valence-corrected chi connectivity index (χ1v) is 17.3. The summed E-state index contributed by atoms with van der Waals surface area (Å²) in [6.07, 6.45) is 2.01. The lowest BCUT2D eigenvalue weighted by Crippen LogP contribution is -2.53. The molecular formula is C38H45N3O4S. The molecule has 0 unspecified atom stereocenters. The zero-order chi connectivity index (χ0) is 33.3. The van der Waals surface area contributed by atoms with Crippen LogP contribution in [0.15, 0.2) is 102 Å². The minimum absolute atomic E-state index is 0.0926. The molecule has 0 radical (unpaired) electrons. The van der Waals surface area contributed by atoms with Crippen molar-refractivity contribution in [2.24, 2.45) is 0 Å². The van der Waals surface area contributed by atoms with E-state index in [2.05, 4.69) is 12.2 Å². The van der Waals surface area contributed by atoms with Crippen molar-refractivity contribution < 1.29 is 18.0 Å². The monoisotopic (exact) mass is 639 g/mol. The van der Waals surface area contributed by atoms with E-state index in [1.165, 1.54) is 4.31 Å². The summed E-state index contributed by atoms with van der Waals surface area (Å²) in [7, 11) is -4.15. The highest BCUT2D eigenvalue weighted by molar-refractivity contribution is 7.92. The van der Waals surface area contributed by atoms with Crippen LogP contribution in [0.1, 0.15) is 53.1 Å². The quantitative estimate of drug-likeness (QED) is 0.156. The second-order valence-electron chi connectivity index (χ2n) is 11.9. The summed E-state index contributed by atoms with van der Waals surface area (Å²) in [5.41, 5.74) is 5.84. The van der Waals surface area contributed by atoms with Crippen LogP contribution in [0.2, 0.25) is 0 Å². The Bertz CT molecular complexity index is 1720. The molecule has 242 valence electrons. The van der Waals surface area contributed by atoms with Gasteiger partial charge in [0.1, 0.15) is 12.6 Å². The van der Waals surface area contributed by atoms with Crippen molar-refractivity contribution in [1.29, 1.82) is 0 Å². The van der Waals surface area contributed by atoms with Gasteiger partial charge < -0.3 is 10.2 Å². The van der Waals surface area contributed by atoms with Crippen LogP contribution in [-0.4, -0.2) is 44.3 Å². The second-order valence-corrected chi connectivity index (χ2v) is 13.8. The molecule has 0 heterocycles. The second kappa shape index (κ2) is 15.7. The molecule has 0 aromatic heterocycles. The van der Waals surface area contributed by atoms with Gasteiger partial charge in [0, 0.05) is 19.5 Å². The third-order valence-corrected chi connectivity index (χ3v) is 10.1. The molecule has 0 bridgehead atoms. The van der Waals surface area contributed by atoms with Crippen molar-refractivity contribution in [1.82, 2.24) is 10.2 Å². The Hall–Kier alpha value is -4.43. The molecule has 2 amide bonds. The summed E-state index contributed by atoms with van der Waals surface area (Å²) in [5.74, 6) is -0.735. The van der Waals surface area contributed by atoms with Gasteiger partial charge in [-0.05, 0) is 74.6 Å². The molecule has 0 aliphatic heterocycles. The molecule has 4 aromatic carbocycles. The fourth-order valence-electron chi connectivity index (χ4n) is 5.31. The van der Waals surface area contributed by atoms with Crippen LogP contribution in [0.25, 0.3) is 0 Å². The highest BCUT2D eigenvalue weighted by atomic mass is 32.2. The average molecular weight is 640 g/mol. The number of sulfonamides is 1. The van der Waals surface area contributed by atoms with Crippen molar-refractivity contribution >= 4 is 27.5 Å². The number of carbonyl (C=O) groups excluding carboxylic acids is 2. The predicted octanol–water partition coefficient (Wildman–Crippen LogP) is 6.67. The van der Waals surface area contributed by atoms with E-state index in [0.29, 0.717) is 12.2 Å². The van der Waals surface area contributed by atoms with Crippen LogP contribution in [0.3, 0.4) is 0 Å². The third-order valence-electron chi connectivity index (χ3n) is 8.31. The first kappa shape index (κ1) is 34.4. The normalized spacial score (nSPS) is 11.9. The van der Waals surface area contributed by atoms with E-state index in [1.54, 1.807) is 41.3 Å². The molecule has 1 N–H and O–H groups in total. The van der Waals surface area contributed by atoms with Gasteiger partial charge >= 0.3 is 0 Å². The molecular weight excluding hydrogens is 595 g/mol. The first-order chi connectivity index (χ1) is 22.0. The van der Waals surface area contributed by atoms with Crippen molar-refractivity contribution in [3.63, 3.8) is 0 Å². The number of unbranched alkanes of at least 4 members (excludes halogenated alkanes) is 1. The maximum atomic E-state index is 14.6. The smallest absolute Gasteiger partial charge is 0.264 e. The van der Waals surface area contributed by atoms with Gasteiger partial charge in [0.25, 0.3) is 10.0 Å². The molecule has 0 saturated heterocycles. The Morgan fingerprint density at radius 1 is 0.761 bits per heavy atom. The lowest BCUT2D eigenvalue weighted by Gasteiger charge is -2.34. The van der Waals surface area contributed by atoms with Crippen LogP contribution >= 0.6 is 0 Å². The number of amides is 2. The number of nitrogens with one attached hydrogen (secondary N) is 1. The SMILES string of the molecule is CCCCNC(=O)[C@H](Cc1ccccc1)N(Cc1ccc(C)cc1)C(=O)CN(c1cccc(C)c1C)S(=O)(=O)c1ccc(C)cc1. The van der Waals surface area contributed by atoms with E-state index in [-0.39, 0.29) is 23.8 Å². The maximum absolute atomic E-state index is 14.6. The number of aryl methyl sites for hydroxylation is 3. The largest absolute Gasteiger partial charge is 0.354 e. The maximum Gasteiger partial charge on any atom is 0.264 e. The van der Waals surface area contributed by atoms with Crippen molar-refractivity contribution in [3.8, 4) is 0 Å². The summed E-state index contributed by atoms with van der Waals surface area (Å²) in [6.45, 7) is 9.87. The van der Waals surface area contributed by atoms with Gasteiger partial charge in [-0.25, -0.2) is 8.42 Å². The van der Waals surface area contributed by atoms with E-state index >= 15 is 0 Å². The zero-order valence-electron chi connectivity index (χ0n) is 27.5. The number of anilines is 1. The highest BCUT2D eigenvalue weighted by Crippen LogP contribution is 2.29. The van der Waals surface area contributed by atoms with Crippen LogP contribution in [0, 0.1) is 27.7 Å². The average Bonchev–Trinajstić information content (AvgIpc) is 3.04. The Morgan fingerprint density at radius 2 is 1.39 bits per heavy atom. The number of hydrogen-bond acceptors (Lipinski definition) is 4. The summed E-state index contributed by atoms with van der Waals surface area (Å²) in [4.78, 5) is 30.1. The van der Waals surface area contributed by atoms with Gasteiger partial charge in [0.15, 0.2) is 0 Å². The Morgan fingerprint density at radius 3 is 2.02 bits per heavy atom. The molecule has 0 aliphatic carbocycles. The minimum atomic E-state index is -4.15. The van der Waals surface area contributed by atoms with Crippen LogP contribution < -0.4 is 9.62 Å². The van der Waals surface area contributed by atoms with Gasteiger partial charge in [-0.15, -0.1) is 0 Å². The van der Waals surface area contributed by atoms with E-state index < -0.39 is 28.5 Å². The fourth-order valence-corrected chi connectivity index (χ4v) is 6.78. The molecule has 0 spiro atoms. The third kappa shape index (κ3) is 8.63. The number of hydrogen-bond donors (Lipinski definition) is 1. The van der Waals surface area contributed by atoms with E-state index in [9.17, 15) is 18.0 Å². The number of carbonyl (C=O) groups is 2. The van der Waals surface area contributed by atoms with E-state index in [4.69, 9.17) is 0 Å².